The normalized spacial score (nSPS) is 16.6. The summed E-state index contributed by atoms with van der Waals surface area (Å²) in [6.45, 7) is 5.89. The Hall–Kier alpha value is -2.04. The second kappa shape index (κ2) is 7.49. The van der Waals surface area contributed by atoms with E-state index in [0.29, 0.717) is 17.2 Å². The molecule has 5 heteroatoms. The van der Waals surface area contributed by atoms with Gasteiger partial charge < -0.3 is 15.4 Å². The average molecular weight is 318 g/mol. The van der Waals surface area contributed by atoms with Gasteiger partial charge in [-0.25, -0.2) is 0 Å². The predicted molar refractivity (Wildman–Crippen MR) is 89.4 cm³/mol. The van der Waals surface area contributed by atoms with E-state index < -0.39 is 6.04 Å². The number of hydrogen-bond acceptors (Lipinski definition) is 3. The zero-order valence-corrected chi connectivity index (χ0v) is 14.3. The quantitative estimate of drug-likeness (QED) is 0.811. The molecule has 5 nitrogen and oxygen atoms in total. The van der Waals surface area contributed by atoms with E-state index in [1.54, 1.807) is 31.4 Å². The summed E-state index contributed by atoms with van der Waals surface area (Å²) in [5.41, 5.74) is 0.513. The summed E-state index contributed by atoms with van der Waals surface area (Å²) in [4.78, 5) is 24.8. The lowest BCUT2D eigenvalue weighted by atomic mass is 10.0. The highest BCUT2D eigenvalue weighted by Crippen LogP contribution is 2.32. The number of carbonyl (C=O) groups is 2. The standard InChI is InChI=1S/C18H26N2O3/c1-11(2)16(18(22)19-12(3)13-5-6-13)20-17(21)14-7-9-15(23-4)10-8-14/h7-13,16H,5-6H2,1-4H3,(H,19,22)(H,20,21). The Balaban J connectivity index is 1.99. The van der Waals surface area contributed by atoms with Crippen LogP contribution in [-0.2, 0) is 4.79 Å². The van der Waals surface area contributed by atoms with Crippen molar-refractivity contribution in [3.8, 4) is 5.75 Å². The van der Waals surface area contributed by atoms with E-state index in [9.17, 15) is 9.59 Å². The Morgan fingerprint density at radius 2 is 1.70 bits per heavy atom. The van der Waals surface area contributed by atoms with Crippen LogP contribution in [-0.4, -0.2) is 31.0 Å². The molecule has 2 unspecified atom stereocenters. The SMILES string of the molecule is COc1ccc(C(=O)NC(C(=O)NC(C)C2CC2)C(C)C)cc1. The van der Waals surface area contributed by atoms with Gasteiger partial charge in [-0.1, -0.05) is 13.8 Å². The molecule has 0 aromatic heterocycles. The molecule has 1 aromatic carbocycles. The van der Waals surface area contributed by atoms with E-state index >= 15 is 0 Å². The summed E-state index contributed by atoms with van der Waals surface area (Å²) in [7, 11) is 1.58. The number of methoxy groups -OCH3 is 1. The number of benzene rings is 1. The van der Waals surface area contributed by atoms with Gasteiger partial charge in [0, 0.05) is 11.6 Å². The summed E-state index contributed by atoms with van der Waals surface area (Å²) in [6, 6.07) is 6.47. The van der Waals surface area contributed by atoms with E-state index in [4.69, 9.17) is 4.74 Å². The van der Waals surface area contributed by atoms with Gasteiger partial charge in [-0.15, -0.1) is 0 Å². The molecule has 1 aromatic rings. The van der Waals surface area contributed by atoms with Crippen molar-refractivity contribution in [3.05, 3.63) is 29.8 Å². The highest BCUT2D eigenvalue weighted by atomic mass is 16.5. The number of ether oxygens (including phenoxy) is 1. The van der Waals surface area contributed by atoms with Crippen LogP contribution in [0, 0.1) is 11.8 Å². The second-order valence-electron chi connectivity index (χ2n) is 6.56. The summed E-state index contributed by atoms with van der Waals surface area (Å²) >= 11 is 0. The van der Waals surface area contributed by atoms with Crippen molar-refractivity contribution >= 4 is 11.8 Å². The molecule has 1 aliphatic carbocycles. The van der Waals surface area contributed by atoms with E-state index in [2.05, 4.69) is 10.6 Å². The lowest BCUT2D eigenvalue weighted by Gasteiger charge is -2.24. The van der Waals surface area contributed by atoms with Crippen molar-refractivity contribution in [2.24, 2.45) is 11.8 Å². The predicted octanol–water partition coefficient (Wildman–Crippen LogP) is 2.36. The van der Waals surface area contributed by atoms with Crippen molar-refractivity contribution in [2.75, 3.05) is 7.11 Å². The molecule has 1 fully saturated rings. The maximum atomic E-state index is 12.4. The lowest BCUT2D eigenvalue weighted by molar-refractivity contribution is -0.124. The van der Waals surface area contributed by atoms with Crippen molar-refractivity contribution < 1.29 is 14.3 Å². The molecule has 0 saturated heterocycles. The maximum Gasteiger partial charge on any atom is 0.251 e. The third-order valence-electron chi connectivity index (χ3n) is 4.29. The number of rotatable bonds is 7. The number of hydrogen-bond donors (Lipinski definition) is 2. The fourth-order valence-corrected chi connectivity index (χ4v) is 2.53. The fourth-order valence-electron chi connectivity index (χ4n) is 2.53. The Morgan fingerprint density at radius 1 is 1.09 bits per heavy atom. The average Bonchev–Trinajstić information content (AvgIpc) is 3.36. The highest BCUT2D eigenvalue weighted by molar-refractivity contribution is 5.97. The Labute approximate surface area is 137 Å². The maximum absolute atomic E-state index is 12.4. The molecule has 126 valence electrons. The second-order valence-corrected chi connectivity index (χ2v) is 6.56. The zero-order valence-electron chi connectivity index (χ0n) is 14.3. The topological polar surface area (TPSA) is 67.4 Å². The largest absolute Gasteiger partial charge is 0.497 e. The van der Waals surface area contributed by atoms with Crippen molar-refractivity contribution in [2.45, 2.75) is 45.7 Å². The van der Waals surface area contributed by atoms with Crippen LogP contribution >= 0.6 is 0 Å². The summed E-state index contributed by atoms with van der Waals surface area (Å²) in [5.74, 6) is 0.937. The molecule has 0 radical (unpaired) electrons. The zero-order chi connectivity index (χ0) is 17.0. The van der Waals surface area contributed by atoms with Gasteiger partial charge in [-0.3, -0.25) is 9.59 Å². The highest BCUT2D eigenvalue weighted by Gasteiger charge is 2.32. The summed E-state index contributed by atoms with van der Waals surface area (Å²) < 4.78 is 5.08. The molecule has 0 spiro atoms. The third-order valence-corrected chi connectivity index (χ3v) is 4.29. The molecule has 2 N–H and O–H groups in total. The van der Waals surface area contributed by atoms with Gasteiger partial charge in [0.25, 0.3) is 5.91 Å². The molecule has 0 bridgehead atoms. The van der Waals surface area contributed by atoms with Crippen LogP contribution < -0.4 is 15.4 Å². The molecule has 1 aliphatic rings. The van der Waals surface area contributed by atoms with E-state index in [-0.39, 0.29) is 23.8 Å². The molecule has 23 heavy (non-hydrogen) atoms. The first-order valence-electron chi connectivity index (χ1n) is 8.17. The van der Waals surface area contributed by atoms with Gasteiger partial charge in [-0.05, 0) is 55.9 Å². The molecule has 0 heterocycles. The van der Waals surface area contributed by atoms with Gasteiger partial charge >= 0.3 is 0 Å². The first-order chi connectivity index (χ1) is 10.9. The third kappa shape index (κ3) is 4.71. The Morgan fingerprint density at radius 3 is 2.17 bits per heavy atom. The van der Waals surface area contributed by atoms with Crippen molar-refractivity contribution in [1.29, 1.82) is 0 Å². The van der Waals surface area contributed by atoms with Crippen LogP contribution in [0.2, 0.25) is 0 Å². The van der Waals surface area contributed by atoms with E-state index in [1.165, 1.54) is 12.8 Å². The van der Waals surface area contributed by atoms with Gasteiger partial charge in [0.2, 0.25) is 5.91 Å². The van der Waals surface area contributed by atoms with Gasteiger partial charge in [-0.2, -0.15) is 0 Å². The smallest absolute Gasteiger partial charge is 0.251 e. The number of nitrogens with one attached hydrogen (secondary N) is 2. The van der Waals surface area contributed by atoms with Crippen LogP contribution in [0.4, 0.5) is 0 Å². The summed E-state index contributed by atoms with van der Waals surface area (Å²) in [5, 5.41) is 5.87. The fraction of sp³-hybridized carbons (Fsp3) is 0.556. The summed E-state index contributed by atoms with van der Waals surface area (Å²) in [6.07, 6.45) is 2.35. The van der Waals surface area contributed by atoms with Gasteiger partial charge in [0.05, 0.1) is 7.11 Å². The molecular formula is C18H26N2O3. The molecular weight excluding hydrogens is 292 g/mol. The first kappa shape index (κ1) is 17.3. The van der Waals surface area contributed by atoms with E-state index in [1.807, 2.05) is 20.8 Å². The molecule has 0 aliphatic heterocycles. The Bertz CT molecular complexity index is 550. The minimum absolute atomic E-state index is 0.0172. The minimum Gasteiger partial charge on any atom is -0.497 e. The van der Waals surface area contributed by atoms with Crippen LogP contribution in [0.1, 0.15) is 44.0 Å². The molecule has 2 amide bonds. The monoisotopic (exact) mass is 318 g/mol. The van der Waals surface area contributed by atoms with Crippen molar-refractivity contribution in [3.63, 3.8) is 0 Å². The molecule has 1 saturated carbocycles. The number of amides is 2. The van der Waals surface area contributed by atoms with Crippen LogP contribution in [0.25, 0.3) is 0 Å². The van der Waals surface area contributed by atoms with E-state index in [0.717, 1.165) is 0 Å². The Kier molecular flexibility index (Phi) is 5.64. The van der Waals surface area contributed by atoms with Gasteiger partial charge in [0.1, 0.15) is 11.8 Å². The number of carbonyl (C=O) groups excluding carboxylic acids is 2. The molecule has 2 atom stereocenters. The molecule has 2 rings (SSSR count). The lowest BCUT2D eigenvalue weighted by Crippen LogP contribution is -2.52. The van der Waals surface area contributed by atoms with Crippen molar-refractivity contribution in [1.82, 2.24) is 10.6 Å². The van der Waals surface area contributed by atoms with Crippen LogP contribution in [0.15, 0.2) is 24.3 Å². The van der Waals surface area contributed by atoms with Gasteiger partial charge in [0.15, 0.2) is 0 Å². The van der Waals surface area contributed by atoms with Crippen LogP contribution in [0.3, 0.4) is 0 Å². The first-order valence-corrected chi connectivity index (χ1v) is 8.17. The van der Waals surface area contributed by atoms with Crippen LogP contribution in [0.5, 0.6) is 5.75 Å². The minimum atomic E-state index is -0.536.